The van der Waals surface area contributed by atoms with E-state index >= 15 is 0 Å². The maximum absolute atomic E-state index is 11.7. The van der Waals surface area contributed by atoms with Crippen LogP contribution in [0, 0.1) is 0 Å². The molecule has 0 aliphatic heterocycles. The van der Waals surface area contributed by atoms with Gasteiger partial charge in [0.2, 0.25) is 0 Å². The highest BCUT2D eigenvalue weighted by Gasteiger charge is 2.24. The van der Waals surface area contributed by atoms with Gasteiger partial charge in [-0.2, -0.15) is 0 Å². The van der Waals surface area contributed by atoms with Gasteiger partial charge in [0.05, 0.1) is 10.2 Å². The van der Waals surface area contributed by atoms with Crippen LogP contribution in [0.3, 0.4) is 0 Å². The number of nitrogens with one attached hydrogen (secondary N) is 1. The molecule has 2 aromatic carbocycles. The van der Waals surface area contributed by atoms with Crippen molar-refractivity contribution in [2.24, 2.45) is 0 Å². The topological polar surface area (TPSA) is 51.2 Å². The summed E-state index contributed by atoms with van der Waals surface area (Å²) in [5, 5.41) is 3.69. The van der Waals surface area contributed by atoms with Gasteiger partial charge in [0.15, 0.2) is 6.10 Å². The van der Waals surface area contributed by atoms with Crippen molar-refractivity contribution in [3.8, 4) is 0 Å². The number of carbonyl (C=O) groups is 1. The van der Waals surface area contributed by atoms with E-state index in [4.69, 9.17) is 16.3 Å². The Kier molecular flexibility index (Phi) is 4.27. The number of aromatic nitrogens is 1. The maximum Gasteiger partial charge on any atom is 0.407 e. The Hall–Kier alpha value is -2.11. The van der Waals surface area contributed by atoms with Crippen LogP contribution in [-0.4, -0.2) is 18.1 Å². The normalized spacial score (nSPS) is 12.1. The first kappa shape index (κ1) is 14.8. The zero-order valence-electron chi connectivity index (χ0n) is 11.7. The van der Waals surface area contributed by atoms with Crippen molar-refractivity contribution in [1.82, 2.24) is 10.3 Å². The highest BCUT2D eigenvalue weighted by molar-refractivity contribution is 7.18. The summed E-state index contributed by atoms with van der Waals surface area (Å²) in [4.78, 5) is 16.3. The highest BCUT2D eigenvalue weighted by atomic mass is 35.5. The number of nitrogens with zero attached hydrogens (tertiary/aromatic N) is 1. The van der Waals surface area contributed by atoms with Crippen LogP contribution in [0.1, 0.15) is 16.7 Å². The lowest BCUT2D eigenvalue weighted by atomic mass is 10.1. The van der Waals surface area contributed by atoms with Gasteiger partial charge >= 0.3 is 6.09 Å². The molecule has 3 aromatic rings. The first-order chi connectivity index (χ1) is 10.7. The third-order valence-electron chi connectivity index (χ3n) is 3.15. The minimum absolute atomic E-state index is 0.524. The van der Waals surface area contributed by atoms with Crippen LogP contribution in [0.5, 0.6) is 0 Å². The van der Waals surface area contributed by atoms with Gasteiger partial charge < -0.3 is 10.1 Å². The molecule has 0 aliphatic rings. The Morgan fingerprint density at radius 3 is 2.68 bits per heavy atom. The summed E-state index contributed by atoms with van der Waals surface area (Å²) in [7, 11) is 1.52. The predicted molar refractivity (Wildman–Crippen MR) is 88.5 cm³/mol. The molecule has 0 radical (unpaired) electrons. The van der Waals surface area contributed by atoms with Crippen LogP contribution < -0.4 is 5.32 Å². The molecule has 1 unspecified atom stereocenters. The van der Waals surface area contributed by atoms with Crippen molar-refractivity contribution < 1.29 is 9.53 Å². The molecule has 0 spiro atoms. The lowest BCUT2D eigenvalue weighted by Gasteiger charge is -2.16. The Labute approximate surface area is 136 Å². The van der Waals surface area contributed by atoms with E-state index in [1.165, 1.54) is 18.4 Å². The summed E-state index contributed by atoms with van der Waals surface area (Å²) >= 11 is 7.75. The van der Waals surface area contributed by atoms with E-state index < -0.39 is 12.2 Å². The minimum atomic E-state index is -0.633. The molecule has 1 N–H and O–H groups in total. The van der Waals surface area contributed by atoms with Crippen molar-refractivity contribution >= 4 is 39.2 Å². The lowest BCUT2D eigenvalue weighted by molar-refractivity contribution is 0.118. The standard InChI is InChI=1S/C16H13ClN2O2S/c1-18-16(20)21-14(10-6-2-3-7-11(10)17)15-19-12-8-4-5-9-13(12)22-15/h2-9,14H,1H3,(H,18,20). The van der Waals surface area contributed by atoms with Gasteiger partial charge in [-0.05, 0) is 18.2 Å². The summed E-state index contributed by atoms with van der Waals surface area (Å²) < 4.78 is 6.53. The molecule has 1 heterocycles. The van der Waals surface area contributed by atoms with Crippen molar-refractivity contribution in [3.05, 3.63) is 64.1 Å². The maximum atomic E-state index is 11.7. The molecule has 0 fully saturated rings. The molecule has 0 saturated heterocycles. The van der Waals surface area contributed by atoms with Gasteiger partial charge in [0.25, 0.3) is 0 Å². The van der Waals surface area contributed by atoms with Gasteiger partial charge in [-0.3, -0.25) is 0 Å². The fourth-order valence-corrected chi connectivity index (χ4v) is 3.35. The van der Waals surface area contributed by atoms with E-state index in [2.05, 4.69) is 10.3 Å². The summed E-state index contributed by atoms with van der Waals surface area (Å²) in [5.74, 6) is 0. The minimum Gasteiger partial charge on any atom is -0.434 e. The summed E-state index contributed by atoms with van der Waals surface area (Å²) in [6.45, 7) is 0. The third kappa shape index (κ3) is 2.91. The number of halogens is 1. The number of thiazole rings is 1. The average molecular weight is 333 g/mol. The molecule has 6 heteroatoms. The Bertz CT molecular complexity index is 786. The molecular weight excluding hydrogens is 320 g/mol. The van der Waals surface area contributed by atoms with Crippen molar-refractivity contribution in [2.45, 2.75) is 6.10 Å². The highest BCUT2D eigenvalue weighted by Crippen LogP contribution is 2.35. The second kappa shape index (κ2) is 6.34. The van der Waals surface area contributed by atoms with Crippen molar-refractivity contribution in [3.63, 3.8) is 0 Å². The molecule has 3 rings (SSSR count). The zero-order chi connectivity index (χ0) is 15.5. The molecule has 22 heavy (non-hydrogen) atoms. The number of para-hydroxylation sites is 1. The van der Waals surface area contributed by atoms with Crippen molar-refractivity contribution in [1.29, 1.82) is 0 Å². The fraction of sp³-hybridized carbons (Fsp3) is 0.125. The SMILES string of the molecule is CNC(=O)OC(c1nc2ccccc2s1)c1ccccc1Cl. The first-order valence-electron chi connectivity index (χ1n) is 6.67. The Morgan fingerprint density at radius 2 is 1.95 bits per heavy atom. The molecule has 0 aliphatic carbocycles. The van der Waals surface area contributed by atoms with E-state index in [0.717, 1.165) is 10.2 Å². The monoisotopic (exact) mass is 332 g/mol. The Morgan fingerprint density at radius 1 is 1.23 bits per heavy atom. The van der Waals surface area contributed by atoms with Crippen LogP contribution in [0.2, 0.25) is 5.02 Å². The van der Waals surface area contributed by atoms with E-state index in [1.54, 1.807) is 6.07 Å². The molecule has 1 amide bonds. The van der Waals surface area contributed by atoms with E-state index in [9.17, 15) is 4.79 Å². The number of carbonyl (C=O) groups excluding carboxylic acids is 1. The van der Waals surface area contributed by atoms with Gasteiger partial charge in [-0.15, -0.1) is 11.3 Å². The van der Waals surface area contributed by atoms with Gasteiger partial charge in [0, 0.05) is 17.6 Å². The van der Waals surface area contributed by atoms with Crippen LogP contribution in [0.4, 0.5) is 4.79 Å². The molecule has 0 saturated carbocycles. The smallest absolute Gasteiger partial charge is 0.407 e. The van der Waals surface area contributed by atoms with Crippen molar-refractivity contribution in [2.75, 3.05) is 7.05 Å². The summed E-state index contributed by atoms with van der Waals surface area (Å²) in [6, 6.07) is 15.1. The number of ether oxygens (including phenoxy) is 1. The third-order valence-corrected chi connectivity index (χ3v) is 4.58. The number of rotatable bonds is 3. The van der Waals surface area contributed by atoms with E-state index in [-0.39, 0.29) is 0 Å². The second-order valence-corrected chi connectivity index (χ2v) is 6.05. The van der Waals surface area contributed by atoms with E-state index in [1.807, 2.05) is 42.5 Å². The summed E-state index contributed by atoms with van der Waals surface area (Å²) in [6.07, 6.45) is -1.16. The first-order valence-corrected chi connectivity index (χ1v) is 7.86. The number of fused-ring (bicyclic) bond motifs is 1. The molecule has 0 bridgehead atoms. The molecular formula is C16H13ClN2O2S. The van der Waals surface area contributed by atoms with Gasteiger partial charge in [0.1, 0.15) is 5.01 Å². The zero-order valence-corrected chi connectivity index (χ0v) is 13.3. The van der Waals surface area contributed by atoms with Crippen LogP contribution in [0.15, 0.2) is 48.5 Å². The van der Waals surface area contributed by atoms with Gasteiger partial charge in [-0.25, -0.2) is 9.78 Å². The average Bonchev–Trinajstić information content (AvgIpc) is 2.97. The summed E-state index contributed by atoms with van der Waals surface area (Å²) in [5.41, 5.74) is 1.59. The predicted octanol–water partition coefficient (Wildman–Crippen LogP) is 4.40. The quantitative estimate of drug-likeness (QED) is 0.773. The largest absolute Gasteiger partial charge is 0.434 e. The van der Waals surface area contributed by atoms with Crippen LogP contribution in [-0.2, 0) is 4.74 Å². The Balaban J connectivity index is 2.08. The van der Waals surface area contributed by atoms with Gasteiger partial charge in [-0.1, -0.05) is 41.9 Å². The molecule has 1 atom stereocenters. The fourth-order valence-electron chi connectivity index (χ4n) is 2.10. The number of alkyl carbamates (subject to hydrolysis) is 1. The number of benzene rings is 2. The van der Waals surface area contributed by atoms with Crippen LogP contribution in [0.25, 0.3) is 10.2 Å². The van der Waals surface area contributed by atoms with Crippen LogP contribution >= 0.6 is 22.9 Å². The number of amides is 1. The molecule has 4 nitrogen and oxygen atoms in total. The molecule has 1 aromatic heterocycles. The molecule has 112 valence electrons. The number of hydrogen-bond donors (Lipinski definition) is 1. The van der Waals surface area contributed by atoms with E-state index in [0.29, 0.717) is 15.6 Å². The lowest BCUT2D eigenvalue weighted by Crippen LogP contribution is -2.22. The number of hydrogen-bond acceptors (Lipinski definition) is 4. The second-order valence-electron chi connectivity index (χ2n) is 4.58.